The number of hydrogen-bond acceptors (Lipinski definition) is 3. The number of ether oxygens (including phenoxy) is 1. The lowest BCUT2D eigenvalue weighted by Crippen LogP contribution is -2.45. The van der Waals surface area contributed by atoms with Crippen LogP contribution in [0, 0.1) is 0 Å². The zero-order valence-electron chi connectivity index (χ0n) is 14.0. The van der Waals surface area contributed by atoms with E-state index in [0.29, 0.717) is 12.8 Å². The first kappa shape index (κ1) is 19.0. The van der Waals surface area contributed by atoms with E-state index in [0.717, 1.165) is 21.3 Å². The van der Waals surface area contributed by atoms with E-state index in [4.69, 9.17) is 10.5 Å². The van der Waals surface area contributed by atoms with Gasteiger partial charge in [-0.1, -0.05) is 36.4 Å². The van der Waals surface area contributed by atoms with E-state index >= 15 is 0 Å². The van der Waals surface area contributed by atoms with Gasteiger partial charge in [-0.05, 0) is 45.6 Å². The number of amides is 2. The summed E-state index contributed by atoms with van der Waals surface area (Å²) in [6, 6.07) is 14.4. The van der Waals surface area contributed by atoms with Crippen LogP contribution in [0.1, 0.15) is 17.5 Å². The lowest BCUT2D eigenvalue weighted by atomic mass is 10.0. The second-order valence-electron chi connectivity index (χ2n) is 5.68. The zero-order chi connectivity index (χ0) is 18.2. The molecule has 5 nitrogen and oxygen atoms in total. The predicted molar refractivity (Wildman–Crippen MR) is 100 cm³/mol. The van der Waals surface area contributed by atoms with Crippen LogP contribution >= 0.6 is 15.9 Å². The monoisotopic (exact) mass is 404 g/mol. The summed E-state index contributed by atoms with van der Waals surface area (Å²) in [5, 5.41) is 2.72. The fourth-order valence-electron chi connectivity index (χ4n) is 2.46. The molecule has 0 aliphatic heterocycles. The molecular formula is C19H21BrN2O3. The number of hydrogen-bond donors (Lipinski definition) is 2. The van der Waals surface area contributed by atoms with Gasteiger partial charge in [0.2, 0.25) is 11.8 Å². The Morgan fingerprint density at radius 3 is 2.48 bits per heavy atom. The summed E-state index contributed by atoms with van der Waals surface area (Å²) < 4.78 is 6.02. The van der Waals surface area contributed by atoms with E-state index in [1.807, 2.05) is 48.5 Å². The summed E-state index contributed by atoms with van der Waals surface area (Å²) in [6.45, 7) is 0. The normalized spacial score (nSPS) is 11.6. The molecule has 0 aromatic heterocycles. The summed E-state index contributed by atoms with van der Waals surface area (Å²) in [4.78, 5) is 23.8. The molecule has 2 aromatic rings. The van der Waals surface area contributed by atoms with Gasteiger partial charge in [-0.15, -0.1) is 0 Å². The number of nitrogens with one attached hydrogen (secondary N) is 1. The highest BCUT2D eigenvalue weighted by atomic mass is 79.9. The van der Waals surface area contributed by atoms with Crippen molar-refractivity contribution in [3.63, 3.8) is 0 Å². The summed E-state index contributed by atoms with van der Waals surface area (Å²) in [6.07, 6.45) is 1.22. The molecule has 0 aliphatic carbocycles. The highest BCUT2D eigenvalue weighted by Gasteiger charge is 2.18. The molecule has 0 bridgehead atoms. The second kappa shape index (κ2) is 9.22. The van der Waals surface area contributed by atoms with Crippen LogP contribution in [0.5, 0.6) is 5.75 Å². The number of halogens is 1. The van der Waals surface area contributed by atoms with E-state index in [9.17, 15) is 9.59 Å². The largest absolute Gasteiger partial charge is 0.496 e. The Morgan fingerprint density at radius 2 is 1.88 bits per heavy atom. The lowest BCUT2D eigenvalue weighted by molar-refractivity contribution is -0.127. The molecule has 132 valence electrons. The molecular weight excluding hydrogens is 384 g/mol. The standard InChI is InChI=1S/C19H21BrN2O3/c1-25-17-9-7-14(11-15(17)20)8-10-18(23)22-16(19(21)24)12-13-5-3-2-4-6-13/h2-7,9,11,16H,8,10,12H2,1H3,(H2,21,24)(H,22,23). The first-order valence-corrected chi connectivity index (χ1v) is 8.74. The summed E-state index contributed by atoms with van der Waals surface area (Å²) >= 11 is 3.42. The third kappa shape index (κ3) is 5.90. The topological polar surface area (TPSA) is 81.4 Å². The lowest BCUT2D eigenvalue weighted by Gasteiger charge is -2.15. The number of nitrogens with two attached hydrogens (primary N) is 1. The Kier molecular flexibility index (Phi) is 7.01. The van der Waals surface area contributed by atoms with Crippen LogP contribution in [0.3, 0.4) is 0 Å². The number of benzene rings is 2. The maximum absolute atomic E-state index is 12.2. The smallest absolute Gasteiger partial charge is 0.240 e. The molecule has 1 unspecified atom stereocenters. The van der Waals surface area contributed by atoms with Crippen molar-refractivity contribution < 1.29 is 14.3 Å². The summed E-state index contributed by atoms with van der Waals surface area (Å²) in [7, 11) is 1.60. The van der Waals surface area contributed by atoms with Gasteiger partial charge in [-0.25, -0.2) is 0 Å². The van der Waals surface area contributed by atoms with Crippen LogP contribution in [0.25, 0.3) is 0 Å². The average molecular weight is 405 g/mol. The van der Waals surface area contributed by atoms with Gasteiger partial charge in [0.1, 0.15) is 11.8 Å². The van der Waals surface area contributed by atoms with Crippen molar-refractivity contribution in [1.29, 1.82) is 0 Å². The minimum atomic E-state index is -0.711. The maximum Gasteiger partial charge on any atom is 0.240 e. The Labute approximate surface area is 155 Å². The van der Waals surface area contributed by atoms with Crippen molar-refractivity contribution in [2.75, 3.05) is 7.11 Å². The van der Waals surface area contributed by atoms with Gasteiger partial charge in [0.05, 0.1) is 11.6 Å². The van der Waals surface area contributed by atoms with Crippen LogP contribution in [-0.2, 0) is 22.4 Å². The highest BCUT2D eigenvalue weighted by molar-refractivity contribution is 9.10. The first-order chi connectivity index (χ1) is 12.0. The molecule has 0 spiro atoms. The molecule has 6 heteroatoms. The molecule has 3 N–H and O–H groups in total. The molecule has 2 aromatic carbocycles. The number of methoxy groups -OCH3 is 1. The van der Waals surface area contributed by atoms with Crippen molar-refractivity contribution in [2.45, 2.75) is 25.3 Å². The average Bonchev–Trinajstić information content (AvgIpc) is 2.60. The number of aryl methyl sites for hydroxylation is 1. The molecule has 0 fully saturated rings. The highest BCUT2D eigenvalue weighted by Crippen LogP contribution is 2.25. The van der Waals surface area contributed by atoms with Crippen molar-refractivity contribution in [2.24, 2.45) is 5.73 Å². The van der Waals surface area contributed by atoms with Gasteiger partial charge < -0.3 is 15.8 Å². The van der Waals surface area contributed by atoms with E-state index in [1.54, 1.807) is 7.11 Å². The number of primary amides is 1. The Hall–Kier alpha value is -2.34. The second-order valence-corrected chi connectivity index (χ2v) is 6.54. The Balaban J connectivity index is 1.90. The molecule has 0 saturated heterocycles. The molecule has 2 amide bonds. The van der Waals surface area contributed by atoms with Gasteiger partial charge >= 0.3 is 0 Å². The van der Waals surface area contributed by atoms with E-state index in [1.165, 1.54) is 0 Å². The maximum atomic E-state index is 12.2. The van der Waals surface area contributed by atoms with E-state index in [-0.39, 0.29) is 12.3 Å². The fraction of sp³-hybridized carbons (Fsp3) is 0.263. The van der Waals surface area contributed by atoms with Gasteiger partial charge in [-0.3, -0.25) is 9.59 Å². The van der Waals surface area contributed by atoms with Crippen LogP contribution in [0.4, 0.5) is 0 Å². The first-order valence-electron chi connectivity index (χ1n) is 7.94. The fourth-order valence-corrected chi connectivity index (χ4v) is 3.05. The van der Waals surface area contributed by atoms with Crippen LogP contribution in [0.15, 0.2) is 53.0 Å². The number of carbonyl (C=O) groups excluding carboxylic acids is 2. The van der Waals surface area contributed by atoms with Gasteiger partial charge in [0.15, 0.2) is 0 Å². The molecule has 0 saturated carbocycles. The number of carbonyl (C=O) groups is 2. The van der Waals surface area contributed by atoms with Crippen molar-refractivity contribution in [1.82, 2.24) is 5.32 Å². The summed E-state index contributed by atoms with van der Waals surface area (Å²) in [5.74, 6) is 0.000853. The Morgan fingerprint density at radius 1 is 1.16 bits per heavy atom. The minimum absolute atomic E-state index is 0.202. The van der Waals surface area contributed by atoms with Gasteiger partial charge in [0.25, 0.3) is 0 Å². The molecule has 0 heterocycles. The number of rotatable bonds is 8. The molecule has 0 radical (unpaired) electrons. The molecule has 1 atom stereocenters. The molecule has 0 aliphatic rings. The van der Waals surface area contributed by atoms with Crippen molar-refractivity contribution >= 4 is 27.7 Å². The van der Waals surface area contributed by atoms with Crippen LogP contribution in [-0.4, -0.2) is 25.0 Å². The minimum Gasteiger partial charge on any atom is -0.496 e. The predicted octanol–water partition coefficient (Wildman–Crippen LogP) is 2.60. The van der Waals surface area contributed by atoms with E-state index < -0.39 is 11.9 Å². The SMILES string of the molecule is COc1ccc(CCC(=O)NC(Cc2ccccc2)C(N)=O)cc1Br. The quantitative estimate of drug-likeness (QED) is 0.709. The van der Waals surface area contributed by atoms with Crippen LogP contribution in [0.2, 0.25) is 0 Å². The van der Waals surface area contributed by atoms with Gasteiger partial charge in [0, 0.05) is 12.8 Å². The van der Waals surface area contributed by atoms with Gasteiger partial charge in [-0.2, -0.15) is 0 Å². The van der Waals surface area contributed by atoms with E-state index in [2.05, 4.69) is 21.2 Å². The van der Waals surface area contributed by atoms with Crippen LogP contribution < -0.4 is 15.8 Å². The summed E-state index contributed by atoms with van der Waals surface area (Å²) in [5.41, 5.74) is 7.37. The third-order valence-corrected chi connectivity index (χ3v) is 4.44. The Bertz CT molecular complexity index is 735. The molecule has 25 heavy (non-hydrogen) atoms. The zero-order valence-corrected chi connectivity index (χ0v) is 15.6. The van der Waals surface area contributed by atoms with Crippen molar-refractivity contribution in [3.05, 3.63) is 64.1 Å². The third-order valence-electron chi connectivity index (χ3n) is 3.82. The molecule has 2 rings (SSSR count). The van der Waals surface area contributed by atoms with Crippen molar-refractivity contribution in [3.8, 4) is 5.75 Å².